The van der Waals surface area contributed by atoms with Crippen LogP contribution in [0.2, 0.25) is 5.02 Å². The molecule has 5 atom stereocenters. The molecule has 0 bridgehead atoms. The number of likely N-dealkylation sites (tertiary alicyclic amines) is 1. The fraction of sp³-hybridized carbons (Fsp3) is 0.536. The number of nitrogens with zero attached hydrogens (tertiary/aromatic N) is 1. The molecule has 1 amide bonds. The summed E-state index contributed by atoms with van der Waals surface area (Å²) in [6.45, 7) is 6.77. The zero-order valence-corrected chi connectivity index (χ0v) is 22.5. The highest BCUT2D eigenvalue weighted by molar-refractivity contribution is 6.31. The first-order valence-electron chi connectivity index (χ1n) is 12.7. The van der Waals surface area contributed by atoms with Gasteiger partial charge in [-0.05, 0) is 62.1 Å². The van der Waals surface area contributed by atoms with Crippen LogP contribution in [0, 0.1) is 5.92 Å². The third-order valence-electron chi connectivity index (χ3n) is 6.70. The molecule has 9 nitrogen and oxygen atoms in total. The topological polar surface area (TPSA) is 129 Å². The molecular formula is C28H36ClNO8. The Morgan fingerprint density at radius 2 is 1.74 bits per heavy atom. The molecule has 0 aliphatic carbocycles. The average Bonchev–Trinajstić information content (AvgIpc) is 2.83. The lowest BCUT2D eigenvalue weighted by atomic mass is 9.90. The molecule has 2 aromatic carbocycles. The monoisotopic (exact) mass is 549 g/mol. The van der Waals surface area contributed by atoms with Crippen molar-refractivity contribution >= 4 is 17.7 Å². The van der Waals surface area contributed by atoms with Gasteiger partial charge in [-0.2, -0.15) is 0 Å². The van der Waals surface area contributed by atoms with E-state index in [1.807, 2.05) is 45.0 Å². The number of aliphatic hydroxyl groups is 4. The van der Waals surface area contributed by atoms with Crippen LogP contribution in [0.5, 0.6) is 5.75 Å². The second-order valence-electron chi connectivity index (χ2n) is 11.0. The lowest BCUT2D eigenvalue weighted by molar-refractivity contribution is -0.231. The summed E-state index contributed by atoms with van der Waals surface area (Å²) in [6, 6.07) is 12.8. The number of aliphatic hydroxyl groups excluding tert-OH is 4. The van der Waals surface area contributed by atoms with E-state index in [0.717, 1.165) is 16.9 Å². The van der Waals surface area contributed by atoms with E-state index in [4.69, 9.17) is 25.8 Å². The lowest BCUT2D eigenvalue weighted by Crippen LogP contribution is -2.55. The van der Waals surface area contributed by atoms with E-state index >= 15 is 0 Å². The zero-order valence-electron chi connectivity index (χ0n) is 21.8. The number of carbonyl (C=O) groups is 1. The van der Waals surface area contributed by atoms with Gasteiger partial charge < -0.3 is 39.5 Å². The SMILES string of the molecule is CC(C)(C)OC(=O)N1CC(COc2ccc(Cc3cc([C@@H]4OC(CO)[C@@H](O)[C@H](O)[C@H]4O)ccc3Cl)cc2)C1. The van der Waals surface area contributed by atoms with E-state index in [2.05, 4.69) is 0 Å². The minimum atomic E-state index is -1.45. The second-order valence-corrected chi connectivity index (χ2v) is 11.4. The van der Waals surface area contributed by atoms with Gasteiger partial charge in [-0.1, -0.05) is 35.9 Å². The standard InChI is InChI=1S/C28H36ClNO8/c1-28(2,3)38-27(35)30-12-17(13-30)15-36-20-7-4-16(5-8-20)10-19-11-18(6-9-21(19)29)26-25(34)24(33)23(32)22(14-31)37-26/h4-9,11,17,22-26,31-34H,10,12-15H2,1-3H3/t22?,23-,24+,25-,26+/m1/s1. The van der Waals surface area contributed by atoms with E-state index in [1.165, 1.54) is 0 Å². The van der Waals surface area contributed by atoms with Gasteiger partial charge in [0.05, 0.1) is 13.2 Å². The van der Waals surface area contributed by atoms with Gasteiger partial charge in [-0.15, -0.1) is 0 Å². The molecule has 2 aromatic rings. The van der Waals surface area contributed by atoms with Crippen LogP contribution in [-0.4, -0.2) is 87.7 Å². The number of amides is 1. The fourth-order valence-corrected chi connectivity index (χ4v) is 4.76. The number of benzene rings is 2. The average molecular weight is 550 g/mol. The van der Waals surface area contributed by atoms with E-state index in [0.29, 0.717) is 36.7 Å². The number of carbonyl (C=O) groups excluding carboxylic acids is 1. The first-order chi connectivity index (χ1) is 17.9. The summed E-state index contributed by atoms with van der Waals surface area (Å²) in [6.07, 6.45) is -5.90. The summed E-state index contributed by atoms with van der Waals surface area (Å²) in [4.78, 5) is 13.7. The Morgan fingerprint density at radius 1 is 1.05 bits per heavy atom. The highest BCUT2D eigenvalue weighted by Gasteiger charge is 2.44. The van der Waals surface area contributed by atoms with Crippen LogP contribution in [0.4, 0.5) is 4.79 Å². The molecule has 2 fully saturated rings. The van der Waals surface area contributed by atoms with Gasteiger partial charge in [-0.25, -0.2) is 4.79 Å². The first-order valence-corrected chi connectivity index (χ1v) is 13.1. The van der Waals surface area contributed by atoms with Crippen molar-refractivity contribution in [3.63, 3.8) is 0 Å². The third kappa shape index (κ3) is 6.77. The number of halogens is 1. The van der Waals surface area contributed by atoms with Crippen molar-refractivity contribution in [1.29, 1.82) is 0 Å². The molecule has 2 heterocycles. The molecule has 0 spiro atoms. The maximum absolute atomic E-state index is 12.1. The fourth-order valence-electron chi connectivity index (χ4n) is 4.57. The van der Waals surface area contributed by atoms with E-state index in [9.17, 15) is 25.2 Å². The van der Waals surface area contributed by atoms with Gasteiger partial charge in [0, 0.05) is 24.0 Å². The molecule has 208 valence electrons. The van der Waals surface area contributed by atoms with Gasteiger partial charge in [0.25, 0.3) is 0 Å². The maximum atomic E-state index is 12.1. The molecule has 2 aliphatic heterocycles. The van der Waals surface area contributed by atoms with Gasteiger partial charge >= 0.3 is 6.09 Å². The molecule has 4 N–H and O–H groups in total. The van der Waals surface area contributed by atoms with Crippen molar-refractivity contribution < 1.29 is 39.4 Å². The predicted octanol–water partition coefficient (Wildman–Crippen LogP) is 2.69. The van der Waals surface area contributed by atoms with Crippen molar-refractivity contribution in [1.82, 2.24) is 4.90 Å². The van der Waals surface area contributed by atoms with Crippen LogP contribution in [0.25, 0.3) is 0 Å². The summed E-state index contributed by atoms with van der Waals surface area (Å²) in [5, 5.41) is 40.7. The number of ether oxygens (including phenoxy) is 3. The third-order valence-corrected chi connectivity index (χ3v) is 7.07. The van der Waals surface area contributed by atoms with Gasteiger partial charge in [0.15, 0.2) is 0 Å². The van der Waals surface area contributed by atoms with Crippen LogP contribution in [0.1, 0.15) is 43.6 Å². The van der Waals surface area contributed by atoms with Gasteiger partial charge in [0.2, 0.25) is 0 Å². The first kappa shape index (κ1) is 28.6. The number of hydrogen-bond donors (Lipinski definition) is 4. The van der Waals surface area contributed by atoms with E-state index in [-0.39, 0.29) is 12.0 Å². The molecule has 4 rings (SSSR count). The lowest BCUT2D eigenvalue weighted by Gasteiger charge is -2.40. The largest absolute Gasteiger partial charge is 0.493 e. The molecule has 38 heavy (non-hydrogen) atoms. The Labute approximate surface area is 227 Å². The van der Waals surface area contributed by atoms with Crippen molar-refractivity contribution in [2.24, 2.45) is 5.92 Å². The Bertz CT molecular complexity index is 1100. The van der Waals surface area contributed by atoms with Gasteiger partial charge in [0.1, 0.15) is 41.9 Å². The van der Waals surface area contributed by atoms with Crippen LogP contribution in [-0.2, 0) is 15.9 Å². The predicted molar refractivity (Wildman–Crippen MR) is 140 cm³/mol. The number of hydrogen-bond acceptors (Lipinski definition) is 8. The normalized spacial score (nSPS) is 26.1. The van der Waals surface area contributed by atoms with Crippen LogP contribution < -0.4 is 4.74 Å². The molecular weight excluding hydrogens is 514 g/mol. The van der Waals surface area contributed by atoms with Gasteiger partial charge in [-0.3, -0.25) is 0 Å². The summed E-state index contributed by atoms with van der Waals surface area (Å²) in [7, 11) is 0. The Kier molecular flexibility index (Phi) is 8.86. The molecule has 1 unspecified atom stereocenters. The van der Waals surface area contributed by atoms with Crippen molar-refractivity contribution in [3.05, 3.63) is 64.2 Å². The highest BCUT2D eigenvalue weighted by Crippen LogP contribution is 2.34. The summed E-state index contributed by atoms with van der Waals surface area (Å²) in [5.74, 6) is 0.983. The molecule has 10 heteroatoms. The quantitative estimate of drug-likeness (QED) is 0.415. The van der Waals surface area contributed by atoms with Crippen LogP contribution in [0.3, 0.4) is 0 Å². The smallest absolute Gasteiger partial charge is 0.410 e. The molecule has 0 radical (unpaired) electrons. The molecule has 0 saturated carbocycles. The second kappa shape index (κ2) is 11.8. The van der Waals surface area contributed by atoms with Crippen LogP contribution in [0.15, 0.2) is 42.5 Å². The Hall–Kier alpha value is -2.40. The minimum absolute atomic E-state index is 0.256. The van der Waals surface area contributed by atoms with Crippen LogP contribution >= 0.6 is 11.6 Å². The maximum Gasteiger partial charge on any atom is 0.410 e. The highest BCUT2D eigenvalue weighted by atomic mass is 35.5. The molecule has 2 saturated heterocycles. The summed E-state index contributed by atoms with van der Waals surface area (Å²) < 4.78 is 17.0. The van der Waals surface area contributed by atoms with Crippen molar-refractivity contribution in [3.8, 4) is 5.75 Å². The van der Waals surface area contributed by atoms with E-state index in [1.54, 1.807) is 23.1 Å². The molecule has 0 aromatic heterocycles. The minimum Gasteiger partial charge on any atom is -0.493 e. The number of rotatable bonds is 7. The Morgan fingerprint density at radius 3 is 2.37 bits per heavy atom. The van der Waals surface area contributed by atoms with Crippen molar-refractivity contribution in [2.75, 3.05) is 26.3 Å². The summed E-state index contributed by atoms with van der Waals surface area (Å²) >= 11 is 6.44. The van der Waals surface area contributed by atoms with Crippen molar-refractivity contribution in [2.45, 2.75) is 63.3 Å². The molecule has 2 aliphatic rings. The summed E-state index contributed by atoms with van der Waals surface area (Å²) in [5.41, 5.74) is 1.87. The van der Waals surface area contributed by atoms with E-state index < -0.39 is 42.7 Å². The Balaban J connectivity index is 1.32. The zero-order chi connectivity index (χ0) is 27.6.